The molecule has 0 rings (SSSR count). The largest absolute Gasteiger partial charge is 0.422 e. The molecule has 0 aliphatic heterocycles. The Hall–Kier alpha value is -0.160. The number of allylic oxidation sites excluding steroid dienone is 2. The molecule has 0 bridgehead atoms. The zero-order chi connectivity index (χ0) is 13.4. The van der Waals surface area contributed by atoms with E-state index in [-0.39, 0.29) is 0 Å². The van der Waals surface area contributed by atoms with Crippen LogP contribution in [0.5, 0.6) is 0 Å². The van der Waals surface area contributed by atoms with Gasteiger partial charge in [-0.3, -0.25) is 0 Å². The molecule has 0 N–H and O–H groups in total. The molecule has 0 aromatic heterocycles. The van der Waals surface area contributed by atoms with E-state index >= 15 is 0 Å². The highest BCUT2D eigenvalue weighted by molar-refractivity contribution is 14.1. The summed E-state index contributed by atoms with van der Waals surface area (Å²) in [7, 11) is 0. The van der Waals surface area contributed by atoms with Crippen LogP contribution in [0.25, 0.3) is 0 Å². The molecule has 0 radical (unpaired) electrons. The summed E-state index contributed by atoms with van der Waals surface area (Å²) in [6.45, 7) is 0. The number of halogens is 10. The molecule has 16 heavy (non-hydrogen) atoms. The van der Waals surface area contributed by atoms with Gasteiger partial charge in [-0.25, -0.2) is 0 Å². The third-order valence-electron chi connectivity index (χ3n) is 1.19. The normalized spacial score (nSPS) is 13.9. The number of alkyl halides is 9. The Bertz CT molecular complexity index is 262. The predicted octanol–water partition coefficient (Wildman–Crippen LogP) is 4.75. The summed E-state index contributed by atoms with van der Waals surface area (Å²) in [6, 6.07) is 0. The van der Waals surface area contributed by atoms with Crippen molar-refractivity contribution in [3.63, 3.8) is 0 Å². The van der Waals surface area contributed by atoms with Crippen molar-refractivity contribution in [1.29, 1.82) is 0 Å². The van der Waals surface area contributed by atoms with Gasteiger partial charge in [0.25, 0.3) is 0 Å². The van der Waals surface area contributed by atoms with Crippen LogP contribution in [0.15, 0.2) is 9.15 Å². The molecule has 0 aromatic carbocycles. The van der Waals surface area contributed by atoms with Crippen molar-refractivity contribution in [2.45, 2.75) is 24.9 Å². The molecule has 0 nitrogen and oxygen atoms in total. The molecule has 0 fully saturated rings. The second kappa shape index (κ2) is 4.61. The van der Waals surface area contributed by atoms with Gasteiger partial charge in [0.15, 0.2) is 0 Å². The van der Waals surface area contributed by atoms with Crippen LogP contribution in [-0.4, -0.2) is 18.5 Å². The van der Waals surface area contributed by atoms with Crippen LogP contribution in [0.2, 0.25) is 0 Å². The molecule has 0 aliphatic carbocycles. The van der Waals surface area contributed by atoms with Crippen molar-refractivity contribution < 1.29 is 39.5 Å². The van der Waals surface area contributed by atoms with E-state index in [2.05, 4.69) is 0 Å². The van der Waals surface area contributed by atoms with Gasteiger partial charge < -0.3 is 0 Å². The number of hydrogen-bond donors (Lipinski definition) is 0. The summed E-state index contributed by atoms with van der Waals surface area (Å²) in [5.74, 6) is 0. The lowest BCUT2D eigenvalue weighted by atomic mass is 10.2. The minimum Gasteiger partial charge on any atom is -0.171 e. The lowest BCUT2D eigenvalue weighted by Gasteiger charge is -2.17. The monoisotopic (exact) mass is 372 g/mol. The summed E-state index contributed by atoms with van der Waals surface area (Å²) in [6.07, 6.45) is -19.1. The highest BCUT2D eigenvalue weighted by Gasteiger charge is 2.53. The maximum Gasteiger partial charge on any atom is 0.422 e. The van der Waals surface area contributed by atoms with Gasteiger partial charge in [0.05, 0.1) is 6.42 Å². The standard InChI is InChI=1S/C6H2F9I/c7-4(8,9)1-2(16)3(5(10,11)12)6(13,14)15/h1H2. The summed E-state index contributed by atoms with van der Waals surface area (Å²) < 4.78 is 105. The highest BCUT2D eigenvalue weighted by Crippen LogP contribution is 2.44. The first kappa shape index (κ1) is 15.8. The predicted molar refractivity (Wildman–Crippen MR) is 43.8 cm³/mol. The van der Waals surface area contributed by atoms with E-state index in [1.165, 1.54) is 0 Å². The first-order valence-corrected chi connectivity index (χ1v) is 4.43. The molecule has 10 heteroatoms. The molecule has 0 saturated heterocycles. The van der Waals surface area contributed by atoms with Crippen LogP contribution in [0, 0.1) is 0 Å². The number of rotatable bonds is 1. The van der Waals surface area contributed by atoms with E-state index in [0.717, 1.165) is 0 Å². The van der Waals surface area contributed by atoms with E-state index in [4.69, 9.17) is 0 Å². The minimum absolute atomic E-state index is 0.399. The molecule has 0 amide bonds. The number of hydrogen-bond acceptors (Lipinski definition) is 0. The van der Waals surface area contributed by atoms with Gasteiger partial charge in [-0.15, -0.1) is 0 Å². The SMILES string of the molecule is FC(F)(F)CC(I)=C(C(F)(F)F)C(F)(F)F. The van der Waals surface area contributed by atoms with Gasteiger partial charge in [0, 0.05) is 3.58 Å². The third kappa shape index (κ3) is 5.25. The summed E-state index contributed by atoms with van der Waals surface area (Å²) in [4.78, 5) is 0. The Morgan fingerprint density at radius 1 is 0.750 bits per heavy atom. The van der Waals surface area contributed by atoms with Crippen molar-refractivity contribution in [3.05, 3.63) is 9.15 Å². The second-order valence-electron chi connectivity index (χ2n) is 2.57. The summed E-state index contributed by atoms with van der Waals surface area (Å²) in [5.41, 5.74) is -3.11. The van der Waals surface area contributed by atoms with Crippen molar-refractivity contribution in [1.82, 2.24) is 0 Å². The molecule has 0 heterocycles. The molecule has 0 atom stereocenters. The first-order valence-electron chi connectivity index (χ1n) is 3.35. The van der Waals surface area contributed by atoms with E-state index in [9.17, 15) is 39.5 Å². The lowest BCUT2D eigenvalue weighted by molar-refractivity contribution is -0.174. The lowest BCUT2D eigenvalue weighted by Crippen LogP contribution is -2.28. The second-order valence-corrected chi connectivity index (χ2v) is 3.87. The van der Waals surface area contributed by atoms with Gasteiger partial charge >= 0.3 is 18.5 Å². The van der Waals surface area contributed by atoms with E-state index < -0.39 is 34.1 Å². The van der Waals surface area contributed by atoms with Crippen molar-refractivity contribution >= 4 is 22.6 Å². The van der Waals surface area contributed by atoms with Crippen LogP contribution >= 0.6 is 22.6 Å². The average molecular weight is 372 g/mol. The van der Waals surface area contributed by atoms with Crippen molar-refractivity contribution in [2.24, 2.45) is 0 Å². The highest BCUT2D eigenvalue weighted by atomic mass is 127. The molecule has 96 valence electrons. The molecular weight excluding hydrogens is 370 g/mol. The molecule has 0 spiro atoms. The van der Waals surface area contributed by atoms with Gasteiger partial charge in [0.1, 0.15) is 5.57 Å². The quantitative estimate of drug-likeness (QED) is 0.460. The van der Waals surface area contributed by atoms with Crippen LogP contribution in [0.4, 0.5) is 39.5 Å². The van der Waals surface area contributed by atoms with Crippen molar-refractivity contribution in [2.75, 3.05) is 0 Å². The molecule has 0 aliphatic rings. The van der Waals surface area contributed by atoms with Crippen LogP contribution in [0.1, 0.15) is 6.42 Å². The smallest absolute Gasteiger partial charge is 0.171 e. The summed E-state index contributed by atoms with van der Waals surface area (Å²) >= 11 is 0.399. The van der Waals surface area contributed by atoms with E-state index in [1.807, 2.05) is 0 Å². The Balaban J connectivity index is 5.42. The molecule has 0 saturated carbocycles. The topological polar surface area (TPSA) is 0 Å². The molecule has 0 unspecified atom stereocenters. The fraction of sp³-hybridized carbons (Fsp3) is 0.667. The third-order valence-corrected chi connectivity index (χ3v) is 2.11. The Morgan fingerprint density at radius 3 is 1.25 bits per heavy atom. The Morgan fingerprint density at radius 2 is 1.06 bits per heavy atom. The van der Waals surface area contributed by atoms with E-state index in [0.29, 0.717) is 22.6 Å². The van der Waals surface area contributed by atoms with E-state index in [1.54, 1.807) is 0 Å². The maximum absolute atomic E-state index is 11.9. The Kier molecular flexibility index (Phi) is 4.56. The van der Waals surface area contributed by atoms with Crippen molar-refractivity contribution in [3.8, 4) is 0 Å². The van der Waals surface area contributed by atoms with Gasteiger partial charge in [0.2, 0.25) is 0 Å². The molecular formula is C6H2F9I. The fourth-order valence-corrected chi connectivity index (χ4v) is 1.78. The molecule has 0 aromatic rings. The zero-order valence-corrected chi connectivity index (χ0v) is 9.14. The van der Waals surface area contributed by atoms with Crippen LogP contribution < -0.4 is 0 Å². The van der Waals surface area contributed by atoms with Crippen LogP contribution in [-0.2, 0) is 0 Å². The van der Waals surface area contributed by atoms with Crippen LogP contribution in [0.3, 0.4) is 0 Å². The first-order chi connectivity index (χ1) is 6.75. The average Bonchev–Trinajstić information content (AvgIpc) is 1.70. The zero-order valence-electron chi connectivity index (χ0n) is 6.99. The Labute approximate surface area is 96.6 Å². The fourth-order valence-electron chi connectivity index (χ4n) is 0.733. The summed E-state index contributed by atoms with van der Waals surface area (Å²) in [5, 5.41) is 0. The minimum atomic E-state index is -5.86. The van der Waals surface area contributed by atoms with Gasteiger partial charge in [-0.2, -0.15) is 39.5 Å². The van der Waals surface area contributed by atoms with Gasteiger partial charge in [-0.1, -0.05) is 0 Å². The van der Waals surface area contributed by atoms with Gasteiger partial charge in [-0.05, 0) is 22.6 Å². The maximum atomic E-state index is 11.9.